The number of aromatic carboxylic acids is 2. The van der Waals surface area contributed by atoms with Crippen LogP contribution in [0.15, 0.2) is 66.7 Å². The minimum Gasteiger partial charge on any atom is -0.478 e. The quantitative estimate of drug-likeness (QED) is 0.324. The highest BCUT2D eigenvalue weighted by Crippen LogP contribution is 2.20. The van der Waals surface area contributed by atoms with Crippen molar-refractivity contribution in [3.05, 3.63) is 94.5 Å². The molecular weight excluding hydrogens is 478 g/mol. The second-order valence-electron chi connectivity index (χ2n) is 9.11. The lowest BCUT2D eigenvalue weighted by Crippen LogP contribution is -2.40. The number of amides is 3. The van der Waals surface area contributed by atoms with Gasteiger partial charge in [-0.2, -0.15) is 0 Å². The molecule has 0 saturated heterocycles. The highest BCUT2D eigenvalue weighted by Gasteiger charge is 2.22. The lowest BCUT2D eigenvalue weighted by atomic mass is 10.0. The number of anilines is 2. The molecule has 0 radical (unpaired) electrons. The molecule has 0 bridgehead atoms. The van der Waals surface area contributed by atoms with Gasteiger partial charge in [0.05, 0.1) is 22.5 Å². The number of hydrogen-bond donors (Lipinski definition) is 5. The molecule has 0 fully saturated rings. The second-order valence-corrected chi connectivity index (χ2v) is 9.11. The number of hydrogen-bond acceptors (Lipinski definition) is 5. The fourth-order valence-corrected chi connectivity index (χ4v) is 3.38. The molecule has 0 unspecified atom stereocenters. The van der Waals surface area contributed by atoms with E-state index >= 15 is 0 Å². The first kappa shape index (κ1) is 26.6. The van der Waals surface area contributed by atoms with E-state index in [0.717, 1.165) is 0 Å². The highest BCUT2D eigenvalue weighted by molar-refractivity contribution is 6.13. The van der Waals surface area contributed by atoms with E-state index < -0.39 is 35.2 Å². The van der Waals surface area contributed by atoms with Gasteiger partial charge in [0.1, 0.15) is 0 Å². The van der Waals surface area contributed by atoms with Gasteiger partial charge in [-0.25, -0.2) is 9.59 Å². The third kappa shape index (κ3) is 6.79. The van der Waals surface area contributed by atoms with E-state index in [1.54, 1.807) is 32.9 Å². The van der Waals surface area contributed by atoms with Gasteiger partial charge < -0.3 is 26.2 Å². The third-order valence-corrected chi connectivity index (χ3v) is 5.02. The summed E-state index contributed by atoms with van der Waals surface area (Å²) in [5.41, 5.74) is -0.987. The first-order valence-corrected chi connectivity index (χ1v) is 11.1. The van der Waals surface area contributed by atoms with Crippen LogP contribution in [-0.2, 0) is 0 Å². The zero-order valence-electron chi connectivity index (χ0n) is 20.3. The Balaban J connectivity index is 2.02. The monoisotopic (exact) mass is 503 g/mol. The molecule has 3 rings (SSSR count). The van der Waals surface area contributed by atoms with Crippen molar-refractivity contribution in [3.63, 3.8) is 0 Å². The Labute approximate surface area is 212 Å². The molecule has 190 valence electrons. The van der Waals surface area contributed by atoms with Gasteiger partial charge in [-0.1, -0.05) is 24.3 Å². The van der Waals surface area contributed by atoms with E-state index in [1.807, 2.05) is 0 Å². The average Bonchev–Trinajstić information content (AvgIpc) is 2.83. The predicted octanol–water partition coefficient (Wildman–Crippen LogP) is 4.12. The molecule has 37 heavy (non-hydrogen) atoms. The van der Waals surface area contributed by atoms with Gasteiger partial charge in [0.15, 0.2) is 0 Å². The Morgan fingerprint density at radius 2 is 0.946 bits per heavy atom. The van der Waals surface area contributed by atoms with Crippen molar-refractivity contribution in [1.82, 2.24) is 5.32 Å². The molecule has 0 heterocycles. The molecule has 3 aromatic rings. The second kappa shape index (κ2) is 10.7. The topological polar surface area (TPSA) is 162 Å². The van der Waals surface area contributed by atoms with Crippen molar-refractivity contribution in [2.24, 2.45) is 0 Å². The van der Waals surface area contributed by atoms with Crippen LogP contribution in [0.1, 0.15) is 72.6 Å². The molecule has 0 atom stereocenters. The summed E-state index contributed by atoms with van der Waals surface area (Å²) in [5.74, 6) is -4.54. The predicted molar refractivity (Wildman–Crippen MR) is 136 cm³/mol. The Bertz CT molecular complexity index is 1320. The van der Waals surface area contributed by atoms with Gasteiger partial charge in [0.25, 0.3) is 17.7 Å². The summed E-state index contributed by atoms with van der Waals surface area (Å²) < 4.78 is 0. The molecule has 10 heteroatoms. The van der Waals surface area contributed by atoms with Crippen molar-refractivity contribution in [1.29, 1.82) is 0 Å². The number of para-hydroxylation sites is 2. The van der Waals surface area contributed by atoms with Crippen molar-refractivity contribution >= 4 is 41.0 Å². The number of nitrogens with one attached hydrogen (secondary N) is 3. The molecule has 3 amide bonds. The lowest BCUT2D eigenvalue weighted by Gasteiger charge is -2.21. The maximum absolute atomic E-state index is 13.1. The van der Waals surface area contributed by atoms with Gasteiger partial charge in [-0.3, -0.25) is 14.4 Å². The first-order valence-electron chi connectivity index (χ1n) is 11.1. The van der Waals surface area contributed by atoms with Gasteiger partial charge in [0, 0.05) is 22.2 Å². The summed E-state index contributed by atoms with van der Waals surface area (Å²) in [7, 11) is 0. The molecule has 3 aromatic carbocycles. The molecule has 10 nitrogen and oxygen atoms in total. The van der Waals surface area contributed by atoms with Crippen LogP contribution in [0.2, 0.25) is 0 Å². The van der Waals surface area contributed by atoms with Gasteiger partial charge in [-0.05, 0) is 63.2 Å². The van der Waals surface area contributed by atoms with Crippen molar-refractivity contribution < 1.29 is 34.2 Å². The number of carbonyl (C=O) groups excluding carboxylic acids is 3. The molecule has 0 aromatic heterocycles. The van der Waals surface area contributed by atoms with E-state index in [-0.39, 0.29) is 39.2 Å². The Morgan fingerprint density at radius 1 is 0.595 bits per heavy atom. The lowest BCUT2D eigenvalue weighted by molar-refractivity contribution is 0.0687. The normalized spacial score (nSPS) is 10.8. The van der Waals surface area contributed by atoms with Crippen LogP contribution in [0.4, 0.5) is 11.4 Å². The zero-order chi connectivity index (χ0) is 27.3. The highest BCUT2D eigenvalue weighted by atomic mass is 16.4. The first-order chi connectivity index (χ1) is 17.4. The van der Waals surface area contributed by atoms with Crippen LogP contribution >= 0.6 is 0 Å². The number of carboxylic acid groups (broad SMARTS) is 2. The molecule has 0 aliphatic heterocycles. The number of rotatable bonds is 7. The van der Waals surface area contributed by atoms with Crippen LogP contribution in [0.5, 0.6) is 0 Å². The van der Waals surface area contributed by atoms with Crippen molar-refractivity contribution in [3.8, 4) is 0 Å². The number of benzene rings is 3. The standard InChI is InChI=1S/C27H25N3O7/c1-27(2,3)30-24(33)17-13-15(22(31)28-20-10-6-4-8-18(20)25(34)35)12-16(14-17)23(32)29-21-11-7-5-9-19(21)26(36)37/h4-14H,1-3H3,(H,28,31)(H,29,32)(H,30,33)(H,34,35)(H,36,37). The van der Waals surface area contributed by atoms with Crippen LogP contribution in [0.25, 0.3) is 0 Å². The van der Waals surface area contributed by atoms with Crippen molar-refractivity contribution in [2.75, 3.05) is 10.6 Å². The van der Waals surface area contributed by atoms with Gasteiger partial charge >= 0.3 is 11.9 Å². The van der Waals surface area contributed by atoms with Crippen LogP contribution in [0.3, 0.4) is 0 Å². The summed E-state index contributed by atoms with van der Waals surface area (Å²) in [6.07, 6.45) is 0. The molecule has 0 saturated carbocycles. The Hall–Kier alpha value is -4.99. The molecule has 5 N–H and O–H groups in total. The summed E-state index contributed by atoms with van der Waals surface area (Å²) in [6.45, 7) is 5.29. The summed E-state index contributed by atoms with van der Waals surface area (Å²) in [5, 5.41) is 26.5. The van der Waals surface area contributed by atoms with Crippen LogP contribution < -0.4 is 16.0 Å². The minimum atomic E-state index is -1.24. The van der Waals surface area contributed by atoms with E-state index in [1.165, 1.54) is 54.6 Å². The minimum absolute atomic E-state index is 0.00534. The summed E-state index contributed by atoms with van der Waals surface area (Å²) >= 11 is 0. The summed E-state index contributed by atoms with van der Waals surface area (Å²) in [4.78, 5) is 62.1. The SMILES string of the molecule is CC(C)(C)NC(=O)c1cc(C(=O)Nc2ccccc2C(=O)O)cc(C(=O)Nc2ccccc2C(=O)O)c1. The average molecular weight is 504 g/mol. The van der Waals surface area contributed by atoms with E-state index in [9.17, 15) is 34.2 Å². The van der Waals surface area contributed by atoms with E-state index in [0.29, 0.717) is 0 Å². The molecular formula is C27H25N3O7. The Kier molecular flexibility index (Phi) is 7.72. The van der Waals surface area contributed by atoms with Gasteiger partial charge in [0.2, 0.25) is 0 Å². The molecule has 0 spiro atoms. The third-order valence-electron chi connectivity index (χ3n) is 5.02. The smallest absolute Gasteiger partial charge is 0.337 e. The summed E-state index contributed by atoms with van der Waals surface area (Å²) in [6, 6.07) is 15.4. The van der Waals surface area contributed by atoms with Gasteiger partial charge in [-0.15, -0.1) is 0 Å². The van der Waals surface area contributed by atoms with Crippen LogP contribution in [-0.4, -0.2) is 45.4 Å². The van der Waals surface area contributed by atoms with E-state index in [2.05, 4.69) is 16.0 Å². The Morgan fingerprint density at radius 3 is 1.30 bits per heavy atom. The number of carboxylic acids is 2. The zero-order valence-corrected chi connectivity index (χ0v) is 20.3. The molecule has 0 aliphatic rings. The number of carbonyl (C=O) groups is 5. The fraction of sp³-hybridized carbons (Fsp3) is 0.148. The van der Waals surface area contributed by atoms with Crippen LogP contribution in [0, 0.1) is 0 Å². The fourth-order valence-electron chi connectivity index (χ4n) is 3.38. The van der Waals surface area contributed by atoms with E-state index in [4.69, 9.17) is 0 Å². The van der Waals surface area contributed by atoms with Crippen molar-refractivity contribution in [2.45, 2.75) is 26.3 Å². The maximum Gasteiger partial charge on any atom is 0.337 e. The largest absolute Gasteiger partial charge is 0.478 e. The molecule has 0 aliphatic carbocycles. The maximum atomic E-state index is 13.1.